The summed E-state index contributed by atoms with van der Waals surface area (Å²) < 4.78 is 0. The van der Waals surface area contributed by atoms with Crippen LogP contribution >= 0.6 is 17.0 Å². The van der Waals surface area contributed by atoms with Crippen LogP contribution in [0.5, 0.6) is 0 Å². The molecule has 2 aliphatic carbocycles. The van der Waals surface area contributed by atoms with Gasteiger partial charge in [-0.3, -0.25) is 12.2 Å². The molecule has 0 radical (unpaired) electrons. The minimum absolute atomic E-state index is 0.826. The van der Waals surface area contributed by atoms with Crippen LogP contribution in [-0.4, -0.2) is 0 Å². The molecule has 0 nitrogen and oxygen atoms in total. The van der Waals surface area contributed by atoms with Crippen molar-refractivity contribution < 1.29 is 20.8 Å². The second kappa shape index (κ2) is 14.0. The molecule has 0 spiro atoms. The van der Waals surface area contributed by atoms with E-state index >= 15 is 0 Å². The molecule has 2 aromatic carbocycles. The second-order valence-electron chi connectivity index (χ2n) is 6.89. The van der Waals surface area contributed by atoms with Crippen molar-refractivity contribution in [3.8, 4) is 0 Å². The van der Waals surface area contributed by atoms with Gasteiger partial charge < -0.3 is 0 Å². The first-order valence-corrected chi connectivity index (χ1v) is 16.0. The third-order valence-corrected chi connectivity index (χ3v) is 4.85. The minimum atomic E-state index is -0.826. The summed E-state index contributed by atoms with van der Waals surface area (Å²) in [5, 5.41) is 0. The van der Waals surface area contributed by atoms with Crippen molar-refractivity contribution >= 4 is 17.0 Å². The number of allylic oxidation sites excluding steroid dienone is 8. The number of halogens is 2. The number of hydrogen-bond donors (Lipinski definition) is 0. The van der Waals surface area contributed by atoms with Gasteiger partial charge in [-0.1, -0.05) is 60.7 Å². The zero-order valence-electron chi connectivity index (χ0n) is 17.0. The van der Waals surface area contributed by atoms with Crippen molar-refractivity contribution in [3.63, 3.8) is 0 Å². The Morgan fingerprint density at radius 1 is 0.690 bits per heavy atom. The normalized spacial score (nSPS) is 14.2. The summed E-state index contributed by atoms with van der Waals surface area (Å²) in [4.78, 5) is 0. The Balaban J connectivity index is 0.000000183. The Bertz CT molecular complexity index is 789. The van der Waals surface area contributed by atoms with E-state index in [0.717, 1.165) is 25.7 Å². The summed E-state index contributed by atoms with van der Waals surface area (Å²) in [7, 11) is 9.87. The molecule has 0 fully saturated rings. The van der Waals surface area contributed by atoms with E-state index in [1.807, 2.05) is 0 Å². The molecule has 0 bridgehead atoms. The van der Waals surface area contributed by atoms with Crippen molar-refractivity contribution in [1.29, 1.82) is 0 Å². The van der Waals surface area contributed by atoms with Crippen LogP contribution in [0.2, 0.25) is 0 Å². The fourth-order valence-corrected chi connectivity index (χ4v) is 3.18. The molecular weight excluding hydrogens is 474 g/mol. The third kappa shape index (κ3) is 9.04. The Morgan fingerprint density at radius 3 is 1.31 bits per heavy atom. The molecule has 0 saturated heterocycles. The molecule has 0 amide bonds. The predicted molar refractivity (Wildman–Crippen MR) is 122 cm³/mol. The van der Waals surface area contributed by atoms with Gasteiger partial charge in [-0.2, -0.15) is 12.2 Å². The molecule has 0 N–H and O–H groups in total. The van der Waals surface area contributed by atoms with Gasteiger partial charge >= 0.3 is 37.9 Å². The van der Waals surface area contributed by atoms with E-state index in [1.165, 1.54) is 33.4 Å². The van der Waals surface area contributed by atoms with E-state index in [4.69, 9.17) is 17.0 Å². The summed E-state index contributed by atoms with van der Waals surface area (Å²) in [6.45, 7) is 4.33. The van der Waals surface area contributed by atoms with Crippen LogP contribution in [0.3, 0.4) is 0 Å². The summed E-state index contributed by atoms with van der Waals surface area (Å²) in [5.41, 5.74) is 8.27. The Labute approximate surface area is 194 Å². The Hall–Kier alpha value is -1.14. The van der Waals surface area contributed by atoms with Crippen molar-refractivity contribution in [2.45, 2.75) is 39.5 Å². The van der Waals surface area contributed by atoms with E-state index in [2.05, 4.69) is 98.8 Å². The van der Waals surface area contributed by atoms with E-state index in [9.17, 15) is 0 Å². The Morgan fingerprint density at radius 2 is 1.03 bits per heavy atom. The molecule has 29 heavy (non-hydrogen) atoms. The molecular formula is C26H26Cl2Zr. The van der Waals surface area contributed by atoms with Gasteiger partial charge in [0.2, 0.25) is 0 Å². The standard InChI is InChI=1S/2C13H13.2ClH.Zr/c2*1-11-6-5-9-13(11)10-12-7-3-2-4-8-12;;;/h2*2-4,6-8H,5,10H2,1H3;2*1H;/q2*-1;;;+4/p-2. The van der Waals surface area contributed by atoms with Crippen LogP contribution < -0.4 is 0 Å². The topological polar surface area (TPSA) is 0 Å². The molecule has 4 rings (SSSR count). The van der Waals surface area contributed by atoms with E-state index in [0.29, 0.717) is 0 Å². The Kier molecular flexibility index (Phi) is 11.6. The summed E-state index contributed by atoms with van der Waals surface area (Å²) in [6.07, 6.45) is 15.3. The molecule has 0 atom stereocenters. The van der Waals surface area contributed by atoms with Crippen LogP contribution in [0.15, 0.2) is 95.1 Å². The van der Waals surface area contributed by atoms with E-state index in [-0.39, 0.29) is 0 Å². The van der Waals surface area contributed by atoms with Gasteiger partial charge in [0, 0.05) is 0 Å². The second-order valence-corrected chi connectivity index (χ2v) is 10.6. The van der Waals surface area contributed by atoms with Gasteiger partial charge in [-0.05, 0) is 24.0 Å². The van der Waals surface area contributed by atoms with Crippen LogP contribution in [0.4, 0.5) is 0 Å². The van der Waals surface area contributed by atoms with Gasteiger partial charge in [0.25, 0.3) is 0 Å². The van der Waals surface area contributed by atoms with Gasteiger partial charge in [0.15, 0.2) is 0 Å². The van der Waals surface area contributed by atoms with Gasteiger partial charge in [-0.15, -0.1) is 26.7 Å². The van der Waals surface area contributed by atoms with Crippen molar-refractivity contribution in [1.82, 2.24) is 0 Å². The molecule has 0 saturated carbocycles. The maximum atomic E-state index is 4.93. The summed E-state index contributed by atoms with van der Waals surface area (Å²) >= 11 is -0.826. The van der Waals surface area contributed by atoms with Crippen molar-refractivity contribution in [2.75, 3.05) is 0 Å². The van der Waals surface area contributed by atoms with Gasteiger partial charge in [0.1, 0.15) is 0 Å². The number of hydrogen-bond acceptors (Lipinski definition) is 0. The molecule has 0 aliphatic heterocycles. The molecule has 148 valence electrons. The molecule has 0 unspecified atom stereocenters. The van der Waals surface area contributed by atoms with Gasteiger partial charge in [-0.25, -0.2) is 22.3 Å². The van der Waals surface area contributed by atoms with Crippen molar-refractivity contribution in [2.24, 2.45) is 0 Å². The predicted octanol–water partition coefficient (Wildman–Crippen LogP) is 7.99. The molecule has 3 heteroatoms. The first-order valence-electron chi connectivity index (χ1n) is 9.71. The third-order valence-electron chi connectivity index (χ3n) is 4.85. The average Bonchev–Trinajstić information content (AvgIpc) is 3.33. The first-order chi connectivity index (χ1) is 14.1. The molecule has 2 aromatic rings. The first kappa shape index (κ1) is 24.1. The quantitative estimate of drug-likeness (QED) is 0.373. The van der Waals surface area contributed by atoms with E-state index in [1.54, 1.807) is 0 Å². The maximum absolute atomic E-state index is 4.93. The number of rotatable bonds is 4. The fraction of sp³-hybridized carbons (Fsp3) is 0.231. The number of benzene rings is 2. The van der Waals surface area contributed by atoms with Crippen LogP contribution in [-0.2, 0) is 33.7 Å². The average molecular weight is 501 g/mol. The summed E-state index contributed by atoms with van der Waals surface area (Å²) in [5.74, 6) is 0. The zero-order valence-corrected chi connectivity index (χ0v) is 21.0. The van der Waals surface area contributed by atoms with Crippen LogP contribution in [0.1, 0.15) is 37.8 Å². The van der Waals surface area contributed by atoms with Crippen LogP contribution in [0, 0.1) is 12.2 Å². The fourth-order valence-electron chi connectivity index (χ4n) is 3.18. The molecule has 0 aromatic heterocycles. The van der Waals surface area contributed by atoms with Crippen molar-refractivity contribution in [3.05, 3.63) is 118 Å². The van der Waals surface area contributed by atoms with Gasteiger partial charge in [0.05, 0.1) is 0 Å². The van der Waals surface area contributed by atoms with E-state index < -0.39 is 20.8 Å². The summed E-state index contributed by atoms with van der Waals surface area (Å²) in [6, 6.07) is 21.1. The SMILES string of the molecule is CC1=CC[C-]=C1Cc1ccccc1.CC1=CC[C-]=C1Cc1ccccc1.[Cl][Zr+2][Cl]. The van der Waals surface area contributed by atoms with Crippen LogP contribution in [0.25, 0.3) is 0 Å². The zero-order chi connectivity index (χ0) is 20.9. The molecule has 0 heterocycles. The monoisotopic (exact) mass is 498 g/mol. The molecule has 2 aliphatic rings.